The number of aromatic nitrogens is 1. The van der Waals surface area contributed by atoms with Crippen LogP contribution in [0.3, 0.4) is 0 Å². The van der Waals surface area contributed by atoms with Crippen LogP contribution in [0.15, 0.2) is 254 Å². The number of para-hydroxylation sites is 6. The zero-order valence-electron chi connectivity index (χ0n) is 43.9. The SMILES string of the molecule is Cc1c(-c2ccc(-c3cc4c5c(c3)Oc3ccccc3B5c3ccccc3O4)cc2)cc2c3ccccc3n(-c3ccccc3)c2c1-c1cccc(-c2ccc(-c3cc4c5c(c3)Oc3ccccc3B5c3ccccc3O4)cc2)c1S. The van der Waals surface area contributed by atoms with E-state index in [1.807, 2.05) is 24.3 Å². The Hall–Kier alpha value is -9.88. The van der Waals surface area contributed by atoms with Crippen LogP contribution in [0.5, 0.6) is 46.0 Å². The lowest BCUT2D eigenvalue weighted by Gasteiger charge is -2.33. The maximum atomic E-state index is 6.70. The highest BCUT2D eigenvalue weighted by molar-refractivity contribution is 7.80. The molecule has 13 aromatic rings. The fourth-order valence-corrected chi connectivity index (χ4v) is 13.9. The van der Waals surface area contributed by atoms with Crippen LogP contribution in [0.2, 0.25) is 0 Å². The zero-order valence-corrected chi connectivity index (χ0v) is 44.7. The molecular formula is C73H45B2NO4S. The second-order valence-electron chi connectivity index (χ2n) is 21.6. The summed E-state index contributed by atoms with van der Waals surface area (Å²) in [4.78, 5) is 0.906. The number of thiol groups is 1. The molecule has 0 saturated heterocycles. The van der Waals surface area contributed by atoms with Gasteiger partial charge in [-0.1, -0.05) is 176 Å². The predicted octanol–water partition coefficient (Wildman–Crippen LogP) is 15.2. The van der Waals surface area contributed by atoms with Crippen LogP contribution in [0.25, 0.3) is 83.1 Å². The molecule has 0 saturated carbocycles. The first-order valence-corrected chi connectivity index (χ1v) is 28.0. The van der Waals surface area contributed by atoms with Crippen molar-refractivity contribution in [3.8, 4) is 107 Å². The fourth-order valence-electron chi connectivity index (χ4n) is 13.5. The Morgan fingerprint density at radius 3 is 1.23 bits per heavy atom. The second-order valence-corrected chi connectivity index (χ2v) is 22.0. The molecule has 1 aromatic heterocycles. The van der Waals surface area contributed by atoms with Crippen molar-refractivity contribution >= 4 is 80.6 Å². The van der Waals surface area contributed by atoms with Gasteiger partial charge in [-0.2, -0.15) is 0 Å². The van der Waals surface area contributed by atoms with E-state index in [9.17, 15) is 0 Å². The van der Waals surface area contributed by atoms with E-state index in [1.54, 1.807) is 0 Å². The molecule has 0 bridgehead atoms. The van der Waals surface area contributed by atoms with Gasteiger partial charge in [0.2, 0.25) is 0 Å². The highest BCUT2D eigenvalue weighted by atomic mass is 32.1. The summed E-state index contributed by atoms with van der Waals surface area (Å²) >= 11 is 5.53. The van der Waals surface area contributed by atoms with Gasteiger partial charge in [-0.25, -0.2) is 0 Å². The number of hydrogen-bond acceptors (Lipinski definition) is 5. The van der Waals surface area contributed by atoms with Gasteiger partial charge in [-0.05, 0) is 157 Å². The van der Waals surface area contributed by atoms with Gasteiger partial charge in [-0.15, -0.1) is 12.6 Å². The van der Waals surface area contributed by atoms with Crippen LogP contribution in [0.1, 0.15) is 5.56 Å². The van der Waals surface area contributed by atoms with Crippen molar-refractivity contribution in [1.29, 1.82) is 0 Å². The summed E-state index contributed by atoms with van der Waals surface area (Å²) in [6, 6.07) is 88.4. The Morgan fingerprint density at radius 1 is 0.333 bits per heavy atom. The van der Waals surface area contributed by atoms with Gasteiger partial charge in [0.05, 0.1) is 11.0 Å². The number of hydrogen-bond donors (Lipinski definition) is 1. The van der Waals surface area contributed by atoms with Crippen LogP contribution < -0.4 is 51.7 Å². The average Bonchev–Trinajstić information content (AvgIpc) is 3.56. The third kappa shape index (κ3) is 7.03. The van der Waals surface area contributed by atoms with E-state index in [4.69, 9.17) is 31.6 Å². The molecule has 0 aliphatic carbocycles. The second kappa shape index (κ2) is 17.8. The maximum absolute atomic E-state index is 6.70. The van der Waals surface area contributed by atoms with Crippen molar-refractivity contribution in [3.63, 3.8) is 0 Å². The monoisotopic (exact) mass is 1050 g/mol. The first kappa shape index (κ1) is 46.1. The molecule has 17 rings (SSSR count). The van der Waals surface area contributed by atoms with Crippen molar-refractivity contribution in [2.24, 2.45) is 0 Å². The predicted molar refractivity (Wildman–Crippen MR) is 335 cm³/mol. The lowest BCUT2D eigenvalue weighted by Crippen LogP contribution is -2.57. The van der Waals surface area contributed by atoms with E-state index in [1.165, 1.54) is 10.8 Å². The fraction of sp³-hybridized carbons (Fsp3) is 0.0137. The molecule has 4 aliphatic heterocycles. The van der Waals surface area contributed by atoms with Crippen molar-refractivity contribution in [2.75, 3.05) is 0 Å². The summed E-state index contributed by atoms with van der Waals surface area (Å²) in [5.74, 6) is 6.80. The minimum atomic E-state index is 0.0253. The van der Waals surface area contributed by atoms with Gasteiger partial charge in [-0.3, -0.25) is 0 Å². The Kier molecular flexibility index (Phi) is 10.1. The summed E-state index contributed by atoms with van der Waals surface area (Å²) < 4.78 is 29.2. The van der Waals surface area contributed by atoms with E-state index in [0.29, 0.717) is 0 Å². The molecular weight excluding hydrogens is 1010 g/mol. The summed E-state index contributed by atoms with van der Waals surface area (Å²) in [6.45, 7) is 2.32. The van der Waals surface area contributed by atoms with E-state index in [0.717, 1.165) is 162 Å². The standard InChI is InChI=1S/C73H45B2NO4S/c1-43-54(47-36-32-45(33-37-47)49-40-67-71-68(41-49)80-64-29-14-9-24-59(64)75(71)58-23-8-13-28-63(58)79-67)42-55-52-18-5-10-25-60(52)76(50-16-3-2-4-17-50)72(55)69(43)53-20-15-19-51(73(53)81)46-34-30-44(31-35-46)48-38-65-70-66(39-48)78-62-27-12-7-22-57(62)74(70)56-21-6-11-26-61(56)77-65/h2-42,81H,1H3. The first-order chi connectivity index (χ1) is 40.0. The molecule has 81 heavy (non-hydrogen) atoms. The molecule has 378 valence electrons. The molecule has 5 nitrogen and oxygen atoms in total. The van der Waals surface area contributed by atoms with Crippen LogP contribution in [0, 0.1) is 6.92 Å². The Bertz CT molecular complexity index is 4660. The summed E-state index contributed by atoms with van der Waals surface area (Å²) in [6.07, 6.45) is 0. The van der Waals surface area contributed by atoms with Crippen molar-refractivity contribution in [3.05, 3.63) is 254 Å². The quantitative estimate of drug-likeness (QED) is 0.133. The van der Waals surface area contributed by atoms with E-state index in [-0.39, 0.29) is 13.4 Å². The number of fused-ring (bicyclic) bond motifs is 11. The van der Waals surface area contributed by atoms with Gasteiger partial charge >= 0.3 is 0 Å². The molecule has 8 heteroatoms. The molecule has 0 radical (unpaired) electrons. The van der Waals surface area contributed by atoms with Crippen molar-refractivity contribution < 1.29 is 18.9 Å². The van der Waals surface area contributed by atoms with Crippen LogP contribution in [-0.4, -0.2) is 18.0 Å². The number of benzene rings is 12. The molecule has 0 unspecified atom stereocenters. The van der Waals surface area contributed by atoms with E-state index < -0.39 is 0 Å². The van der Waals surface area contributed by atoms with E-state index in [2.05, 4.69) is 236 Å². The van der Waals surface area contributed by atoms with Crippen LogP contribution in [0.4, 0.5) is 0 Å². The Labute approximate surface area is 474 Å². The number of ether oxygens (including phenoxy) is 4. The van der Waals surface area contributed by atoms with Crippen molar-refractivity contribution in [1.82, 2.24) is 4.57 Å². The average molecular weight is 1050 g/mol. The van der Waals surface area contributed by atoms with Gasteiger partial charge in [0.15, 0.2) is 0 Å². The zero-order chi connectivity index (χ0) is 53.4. The van der Waals surface area contributed by atoms with E-state index >= 15 is 0 Å². The summed E-state index contributed by atoms with van der Waals surface area (Å²) in [7, 11) is 0. The summed E-state index contributed by atoms with van der Waals surface area (Å²) in [5, 5.41) is 2.36. The van der Waals surface area contributed by atoms with Crippen molar-refractivity contribution in [2.45, 2.75) is 11.8 Å². The molecule has 0 atom stereocenters. The topological polar surface area (TPSA) is 41.9 Å². The third-order valence-corrected chi connectivity index (χ3v) is 17.7. The molecule has 4 aliphatic rings. The smallest absolute Gasteiger partial charge is 0.260 e. The third-order valence-electron chi connectivity index (χ3n) is 17.2. The molecule has 0 spiro atoms. The van der Waals surface area contributed by atoms with Gasteiger partial charge < -0.3 is 23.5 Å². The van der Waals surface area contributed by atoms with Gasteiger partial charge in [0, 0.05) is 37.8 Å². The molecule has 0 N–H and O–H groups in total. The molecule has 0 fully saturated rings. The highest BCUT2D eigenvalue weighted by Crippen LogP contribution is 2.48. The number of nitrogens with zero attached hydrogens (tertiary/aromatic N) is 1. The van der Waals surface area contributed by atoms with Crippen LogP contribution >= 0.6 is 12.6 Å². The highest BCUT2D eigenvalue weighted by Gasteiger charge is 2.42. The molecule has 12 aromatic carbocycles. The summed E-state index contributed by atoms with van der Waals surface area (Å²) in [5.41, 5.74) is 22.1. The molecule has 0 amide bonds. The Balaban J connectivity index is 0.777. The van der Waals surface area contributed by atoms with Gasteiger partial charge in [0.1, 0.15) is 46.0 Å². The largest absolute Gasteiger partial charge is 0.458 e. The molecule has 5 heterocycles. The van der Waals surface area contributed by atoms with Gasteiger partial charge in [0.25, 0.3) is 13.4 Å². The lowest BCUT2D eigenvalue weighted by molar-refractivity contribution is 0.464. The normalized spacial score (nSPS) is 12.9. The number of rotatable bonds is 6. The minimum absolute atomic E-state index is 0.0253. The lowest BCUT2D eigenvalue weighted by atomic mass is 9.35. The Morgan fingerprint density at radius 2 is 0.741 bits per heavy atom. The minimum Gasteiger partial charge on any atom is -0.458 e. The maximum Gasteiger partial charge on any atom is 0.260 e. The van der Waals surface area contributed by atoms with Crippen LogP contribution in [-0.2, 0) is 0 Å². The first-order valence-electron chi connectivity index (χ1n) is 27.6.